The summed E-state index contributed by atoms with van der Waals surface area (Å²) in [5, 5.41) is 8.69. The van der Waals surface area contributed by atoms with Crippen LogP contribution in [0.4, 0.5) is 0 Å². The molecule has 0 saturated heterocycles. The third kappa shape index (κ3) is 4.88. The Hall–Kier alpha value is -2.01. The highest BCUT2D eigenvalue weighted by Gasteiger charge is 2.11. The van der Waals surface area contributed by atoms with Crippen LogP contribution in [0, 0.1) is 0 Å². The number of carbonyl (C=O) groups is 2. The van der Waals surface area contributed by atoms with Crippen molar-refractivity contribution in [2.75, 3.05) is 6.54 Å². The zero-order chi connectivity index (χ0) is 13.5. The molecule has 0 heterocycles. The lowest BCUT2D eigenvalue weighted by atomic mass is 10.1. The highest BCUT2D eigenvalue weighted by Crippen LogP contribution is 2.05. The normalized spacial score (nSPS) is 12.6. The molecule has 1 unspecified atom stereocenters. The second-order valence-electron chi connectivity index (χ2n) is 4.06. The number of aliphatic carboxylic acids is 1. The third-order valence-corrected chi connectivity index (χ3v) is 2.31. The van der Waals surface area contributed by atoms with Crippen molar-refractivity contribution in [1.29, 1.82) is 0 Å². The van der Waals surface area contributed by atoms with Crippen LogP contribution in [0.2, 0.25) is 0 Å². The van der Waals surface area contributed by atoms with E-state index < -0.39 is 12.0 Å². The molecule has 0 radical (unpaired) electrons. The molecule has 5 heteroatoms. The Morgan fingerprint density at radius 1 is 1.39 bits per heavy atom. The van der Waals surface area contributed by atoms with E-state index >= 15 is 0 Å². The van der Waals surface area contributed by atoms with Crippen LogP contribution in [0.1, 0.15) is 18.1 Å². The topological polar surface area (TPSA) is 92.8 Å². The van der Waals surface area contributed by atoms with Crippen LogP contribution in [0.3, 0.4) is 0 Å². The summed E-state index contributed by atoms with van der Waals surface area (Å²) in [6, 6.07) is 6.35. The Labute approximate surface area is 105 Å². The average molecular weight is 248 g/mol. The second-order valence-corrected chi connectivity index (χ2v) is 4.06. The number of Topliss-reactive ketones (excluding diaryl/α,β-unsaturated/α-hetero) is 1. The van der Waals surface area contributed by atoms with Gasteiger partial charge in [-0.1, -0.05) is 24.3 Å². The Morgan fingerprint density at radius 2 is 2.00 bits per heavy atom. The smallest absolute Gasteiger partial charge is 0.320 e. The maximum Gasteiger partial charge on any atom is 0.320 e. The number of hydrogen-bond donors (Lipinski definition) is 2. The van der Waals surface area contributed by atoms with E-state index in [2.05, 4.69) is 4.99 Å². The first kappa shape index (κ1) is 14.1. The van der Waals surface area contributed by atoms with Gasteiger partial charge in [0, 0.05) is 6.21 Å². The molecule has 1 aromatic rings. The molecule has 1 atom stereocenters. The van der Waals surface area contributed by atoms with Crippen LogP contribution in [-0.4, -0.2) is 35.7 Å². The van der Waals surface area contributed by atoms with Crippen LogP contribution < -0.4 is 5.73 Å². The Bertz CT molecular complexity index is 452. The molecule has 1 rings (SSSR count). The van der Waals surface area contributed by atoms with Crippen LogP contribution in [0.15, 0.2) is 29.3 Å². The minimum absolute atomic E-state index is 0.00954. The lowest BCUT2D eigenvalue weighted by Crippen LogP contribution is -2.32. The number of carboxylic acids is 1. The molecule has 0 aliphatic rings. The monoisotopic (exact) mass is 248 g/mol. The van der Waals surface area contributed by atoms with E-state index in [9.17, 15) is 9.59 Å². The van der Waals surface area contributed by atoms with E-state index in [0.717, 1.165) is 11.1 Å². The number of rotatable bonds is 6. The quantitative estimate of drug-likeness (QED) is 0.723. The predicted molar refractivity (Wildman–Crippen MR) is 68.9 cm³/mol. The summed E-state index contributed by atoms with van der Waals surface area (Å²) < 4.78 is 0. The molecule has 1 aromatic carbocycles. The first-order chi connectivity index (χ1) is 8.49. The van der Waals surface area contributed by atoms with Crippen molar-refractivity contribution in [1.82, 2.24) is 0 Å². The molecule has 5 nitrogen and oxygen atoms in total. The van der Waals surface area contributed by atoms with Crippen molar-refractivity contribution in [3.8, 4) is 0 Å². The Kier molecular flexibility index (Phi) is 5.20. The van der Waals surface area contributed by atoms with Crippen molar-refractivity contribution in [2.24, 2.45) is 10.7 Å². The van der Waals surface area contributed by atoms with Gasteiger partial charge in [0.15, 0.2) is 5.78 Å². The Morgan fingerprint density at radius 3 is 2.50 bits per heavy atom. The molecule has 18 heavy (non-hydrogen) atoms. The van der Waals surface area contributed by atoms with Gasteiger partial charge in [0.2, 0.25) is 0 Å². The van der Waals surface area contributed by atoms with E-state index in [4.69, 9.17) is 10.8 Å². The molecule has 0 fully saturated rings. The van der Waals surface area contributed by atoms with E-state index in [1.165, 1.54) is 6.92 Å². The Balaban J connectivity index is 2.60. The fraction of sp³-hybridized carbons (Fsp3) is 0.308. The maximum atomic E-state index is 10.7. The second kappa shape index (κ2) is 6.66. The average Bonchev–Trinajstić information content (AvgIpc) is 2.30. The summed E-state index contributed by atoms with van der Waals surface area (Å²) in [7, 11) is 0. The number of nitrogens with two attached hydrogens (primary N) is 1. The first-order valence-corrected chi connectivity index (χ1v) is 5.55. The summed E-state index contributed by atoms with van der Waals surface area (Å²) in [5.74, 6) is -1.00. The number of hydrogen-bond acceptors (Lipinski definition) is 4. The van der Waals surface area contributed by atoms with Gasteiger partial charge >= 0.3 is 5.97 Å². The number of carbonyl (C=O) groups excluding carboxylic acids is 1. The van der Waals surface area contributed by atoms with Crippen molar-refractivity contribution in [2.45, 2.75) is 19.4 Å². The minimum atomic E-state index is -1.01. The van der Waals surface area contributed by atoms with Crippen molar-refractivity contribution in [3.63, 3.8) is 0 Å². The molecular formula is C13H16N2O3. The molecule has 0 bridgehead atoms. The van der Waals surface area contributed by atoms with Gasteiger partial charge in [-0.2, -0.15) is 0 Å². The summed E-state index contributed by atoms with van der Waals surface area (Å²) in [6.07, 6.45) is 1.91. The first-order valence-electron chi connectivity index (χ1n) is 5.55. The SMILES string of the molecule is CC(=O)CN=Cc1ccc(CC(N)C(=O)O)cc1. The standard InChI is InChI=1S/C13H16N2O3/c1-9(16)7-15-8-11-4-2-10(3-5-11)6-12(14)13(17)18/h2-5,8,12H,6-7,14H2,1H3,(H,17,18). The van der Waals surface area contributed by atoms with Gasteiger partial charge in [-0.05, 0) is 24.5 Å². The number of aliphatic imine (C=N–C) groups is 1. The van der Waals surface area contributed by atoms with Gasteiger partial charge in [0.25, 0.3) is 0 Å². The lowest BCUT2D eigenvalue weighted by Gasteiger charge is -2.06. The van der Waals surface area contributed by atoms with Gasteiger partial charge in [-0.25, -0.2) is 0 Å². The highest BCUT2D eigenvalue weighted by atomic mass is 16.4. The van der Waals surface area contributed by atoms with Crippen LogP contribution in [0.5, 0.6) is 0 Å². The van der Waals surface area contributed by atoms with E-state index in [1.807, 2.05) is 12.1 Å². The molecule has 0 aromatic heterocycles. The van der Waals surface area contributed by atoms with Gasteiger partial charge in [0.1, 0.15) is 6.04 Å². The zero-order valence-electron chi connectivity index (χ0n) is 10.2. The van der Waals surface area contributed by atoms with Crippen molar-refractivity contribution < 1.29 is 14.7 Å². The summed E-state index contributed by atoms with van der Waals surface area (Å²) in [5.41, 5.74) is 7.16. The van der Waals surface area contributed by atoms with E-state index in [-0.39, 0.29) is 12.3 Å². The van der Waals surface area contributed by atoms with Crippen LogP contribution in [-0.2, 0) is 16.0 Å². The fourth-order valence-corrected chi connectivity index (χ4v) is 1.36. The molecule has 96 valence electrons. The van der Waals surface area contributed by atoms with Gasteiger partial charge in [-0.15, -0.1) is 0 Å². The molecule has 0 saturated carbocycles. The number of nitrogens with zero attached hydrogens (tertiary/aromatic N) is 1. The number of benzene rings is 1. The summed E-state index contributed by atoms with van der Waals surface area (Å²) in [6.45, 7) is 1.65. The lowest BCUT2D eigenvalue weighted by molar-refractivity contribution is -0.138. The van der Waals surface area contributed by atoms with Crippen molar-refractivity contribution in [3.05, 3.63) is 35.4 Å². The zero-order valence-corrected chi connectivity index (χ0v) is 10.2. The van der Waals surface area contributed by atoms with E-state index in [1.54, 1.807) is 18.3 Å². The maximum absolute atomic E-state index is 10.7. The summed E-state index contributed by atoms with van der Waals surface area (Å²) >= 11 is 0. The molecule has 0 amide bonds. The van der Waals surface area contributed by atoms with Crippen LogP contribution >= 0.6 is 0 Å². The largest absolute Gasteiger partial charge is 0.480 e. The van der Waals surface area contributed by atoms with E-state index in [0.29, 0.717) is 6.42 Å². The molecule has 0 spiro atoms. The van der Waals surface area contributed by atoms with Gasteiger partial charge in [0.05, 0.1) is 6.54 Å². The molecule has 0 aliphatic heterocycles. The fourth-order valence-electron chi connectivity index (χ4n) is 1.36. The summed E-state index contributed by atoms with van der Waals surface area (Å²) in [4.78, 5) is 25.3. The molecular weight excluding hydrogens is 232 g/mol. The molecule has 0 aliphatic carbocycles. The number of carboxylic acid groups (broad SMARTS) is 1. The third-order valence-electron chi connectivity index (χ3n) is 2.31. The van der Waals surface area contributed by atoms with Gasteiger partial charge < -0.3 is 10.8 Å². The van der Waals surface area contributed by atoms with Gasteiger partial charge in [-0.3, -0.25) is 14.6 Å². The van der Waals surface area contributed by atoms with Crippen LogP contribution in [0.25, 0.3) is 0 Å². The minimum Gasteiger partial charge on any atom is -0.480 e. The van der Waals surface area contributed by atoms with Crippen molar-refractivity contribution >= 4 is 18.0 Å². The molecule has 3 N–H and O–H groups in total. The number of ketones is 1. The highest BCUT2D eigenvalue weighted by molar-refractivity contribution is 5.84. The predicted octanol–water partition coefficient (Wildman–Crippen LogP) is 0.649.